The molecule has 0 aromatic rings. The molecule has 0 spiro atoms. The van der Waals surface area contributed by atoms with Gasteiger partial charge in [0.05, 0.1) is 16.9 Å². The van der Waals surface area contributed by atoms with Crippen LogP contribution in [-0.4, -0.2) is 19.0 Å². The summed E-state index contributed by atoms with van der Waals surface area (Å²) >= 11 is 0. The first-order chi connectivity index (χ1) is 9.27. The Bertz CT molecular complexity index is 457. The molecule has 0 aromatic heterocycles. The highest BCUT2D eigenvalue weighted by Gasteiger charge is 2.55. The number of hydrogen-bond acceptors (Lipinski definition) is 4. The monoisotopic (exact) mass is 277 g/mol. The van der Waals surface area contributed by atoms with Crippen LogP contribution < -0.4 is 5.32 Å². The Kier molecular flexibility index (Phi) is 3.72. The van der Waals surface area contributed by atoms with E-state index in [0.717, 1.165) is 19.4 Å². The smallest absolute Gasteiger partial charge is 0.293 e. The van der Waals surface area contributed by atoms with Crippen LogP contribution in [0.5, 0.6) is 0 Å². The van der Waals surface area contributed by atoms with Crippen molar-refractivity contribution in [3.63, 3.8) is 0 Å². The van der Waals surface area contributed by atoms with Gasteiger partial charge in [-0.3, -0.25) is 4.79 Å². The van der Waals surface area contributed by atoms with Gasteiger partial charge in [0, 0.05) is 11.7 Å². The number of hydrogen-bond donors (Lipinski definition) is 1. The van der Waals surface area contributed by atoms with E-state index in [9.17, 15) is 15.0 Å². The molecule has 2 rings (SSSR count). The highest BCUT2D eigenvalue weighted by molar-refractivity contribution is 5.84. The molecule has 1 aliphatic carbocycles. The largest absolute Gasteiger partial charge is 0.315 e. The lowest BCUT2D eigenvalue weighted by Gasteiger charge is -2.44. The molecule has 5 nitrogen and oxygen atoms in total. The van der Waals surface area contributed by atoms with Crippen molar-refractivity contribution >= 4 is 5.91 Å². The summed E-state index contributed by atoms with van der Waals surface area (Å²) in [5.74, 6) is -0.281. The lowest BCUT2D eigenvalue weighted by atomic mass is 9.64. The van der Waals surface area contributed by atoms with Crippen LogP contribution in [0, 0.1) is 38.4 Å². The van der Waals surface area contributed by atoms with Gasteiger partial charge >= 0.3 is 0 Å². The fourth-order valence-electron chi connectivity index (χ4n) is 3.31. The zero-order chi connectivity index (χ0) is 15.0. The number of amides is 1. The quantitative estimate of drug-likeness (QED) is 0.804. The minimum atomic E-state index is -0.788. The molecule has 2 fully saturated rings. The highest BCUT2D eigenvalue weighted by Crippen LogP contribution is 2.55. The molecule has 20 heavy (non-hydrogen) atoms. The van der Waals surface area contributed by atoms with Crippen LogP contribution >= 0.6 is 0 Å². The molecule has 2 atom stereocenters. The Labute approximate surface area is 120 Å². The first-order valence-electron chi connectivity index (χ1n) is 7.27. The average molecular weight is 277 g/mol. The van der Waals surface area contributed by atoms with Crippen LogP contribution in [0.4, 0.5) is 0 Å². The summed E-state index contributed by atoms with van der Waals surface area (Å²) < 4.78 is 0. The number of piperidine rings is 1. The zero-order valence-corrected chi connectivity index (χ0v) is 12.5. The standard InChI is InChI=1S/C15H23N3O2/c1-13(2,3)11-6-15(10-17-7-11,12(19)18-20)8-14(9-16)4-5-14/h11,17H,4-8,10H2,1-3H3. The molecule has 1 saturated carbocycles. The maximum absolute atomic E-state index is 12.2. The van der Waals surface area contributed by atoms with E-state index < -0.39 is 16.7 Å². The summed E-state index contributed by atoms with van der Waals surface area (Å²) in [6.07, 6.45) is 2.79. The van der Waals surface area contributed by atoms with Gasteiger partial charge in [-0.2, -0.15) is 5.26 Å². The van der Waals surface area contributed by atoms with Gasteiger partial charge in [-0.15, -0.1) is 4.91 Å². The van der Waals surface area contributed by atoms with Crippen molar-refractivity contribution in [1.82, 2.24) is 5.32 Å². The lowest BCUT2D eigenvalue weighted by molar-refractivity contribution is -0.131. The van der Waals surface area contributed by atoms with Gasteiger partial charge in [-0.05, 0) is 43.6 Å². The van der Waals surface area contributed by atoms with Gasteiger partial charge in [-0.25, -0.2) is 0 Å². The molecule has 0 bridgehead atoms. The molecule has 0 radical (unpaired) electrons. The van der Waals surface area contributed by atoms with E-state index in [2.05, 4.69) is 37.3 Å². The fourth-order valence-corrected chi connectivity index (χ4v) is 3.31. The number of carbonyl (C=O) groups is 1. The lowest BCUT2D eigenvalue weighted by Crippen LogP contribution is -2.52. The number of nitriles is 1. The van der Waals surface area contributed by atoms with Crippen LogP contribution in [0.1, 0.15) is 46.5 Å². The summed E-state index contributed by atoms with van der Waals surface area (Å²) in [7, 11) is 0. The first-order valence-corrected chi connectivity index (χ1v) is 7.27. The Balaban J connectivity index is 2.26. The number of nitrogens with zero attached hydrogens (tertiary/aromatic N) is 2. The zero-order valence-electron chi connectivity index (χ0n) is 12.5. The molecular weight excluding hydrogens is 254 g/mol. The van der Waals surface area contributed by atoms with Gasteiger partial charge in [0.1, 0.15) is 0 Å². The van der Waals surface area contributed by atoms with E-state index in [1.807, 2.05) is 0 Å². The molecular formula is C15H23N3O2. The van der Waals surface area contributed by atoms with E-state index in [0.29, 0.717) is 25.3 Å². The third-order valence-electron chi connectivity index (χ3n) is 5.02. The summed E-state index contributed by atoms with van der Waals surface area (Å²) in [6.45, 7) is 7.74. The molecule has 2 aliphatic rings. The van der Waals surface area contributed by atoms with Gasteiger partial charge in [-0.1, -0.05) is 20.8 Å². The SMILES string of the molecule is CC(C)(C)C1CNCC(CC2(C#N)CC2)(C(=O)N=O)C1. The van der Waals surface area contributed by atoms with Crippen LogP contribution in [0.3, 0.4) is 0 Å². The van der Waals surface area contributed by atoms with Crippen molar-refractivity contribution in [2.45, 2.75) is 46.5 Å². The second kappa shape index (κ2) is 4.92. The summed E-state index contributed by atoms with van der Waals surface area (Å²) in [4.78, 5) is 23.0. The molecule has 1 amide bonds. The minimum Gasteiger partial charge on any atom is -0.315 e. The summed E-state index contributed by atoms with van der Waals surface area (Å²) in [5, 5.41) is 15.3. The molecule has 1 aliphatic heterocycles. The summed E-state index contributed by atoms with van der Waals surface area (Å²) in [6, 6.07) is 2.33. The Morgan fingerprint density at radius 1 is 1.45 bits per heavy atom. The van der Waals surface area contributed by atoms with Crippen molar-refractivity contribution in [1.29, 1.82) is 5.26 Å². The van der Waals surface area contributed by atoms with Gasteiger partial charge in [0.2, 0.25) is 0 Å². The van der Waals surface area contributed by atoms with E-state index >= 15 is 0 Å². The third kappa shape index (κ3) is 2.76. The van der Waals surface area contributed by atoms with Crippen LogP contribution in [0.15, 0.2) is 5.18 Å². The van der Waals surface area contributed by atoms with Crippen molar-refractivity contribution < 1.29 is 4.79 Å². The molecule has 0 aromatic carbocycles. The van der Waals surface area contributed by atoms with E-state index in [-0.39, 0.29) is 5.41 Å². The van der Waals surface area contributed by atoms with Crippen LogP contribution in [0.25, 0.3) is 0 Å². The van der Waals surface area contributed by atoms with Crippen molar-refractivity contribution in [3.05, 3.63) is 4.91 Å². The molecule has 2 unspecified atom stereocenters. The van der Waals surface area contributed by atoms with E-state index in [1.54, 1.807) is 0 Å². The molecule has 110 valence electrons. The third-order valence-corrected chi connectivity index (χ3v) is 5.02. The van der Waals surface area contributed by atoms with Crippen molar-refractivity contribution in [2.75, 3.05) is 13.1 Å². The molecule has 1 N–H and O–H groups in total. The van der Waals surface area contributed by atoms with Crippen molar-refractivity contribution in [2.24, 2.45) is 27.3 Å². The van der Waals surface area contributed by atoms with E-state index in [4.69, 9.17) is 0 Å². The predicted octanol–water partition coefficient (Wildman–Crippen LogP) is 2.62. The number of rotatable bonds is 3. The Hall–Kier alpha value is -1.28. The van der Waals surface area contributed by atoms with Crippen molar-refractivity contribution in [3.8, 4) is 6.07 Å². The maximum atomic E-state index is 12.2. The number of carbonyl (C=O) groups excluding carboxylic acids is 1. The Morgan fingerprint density at radius 3 is 2.55 bits per heavy atom. The molecule has 1 saturated heterocycles. The van der Waals surface area contributed by atoms with Crippen LogP contribution in [0.2, 0.25) is 0 Å². The minimum absolute atomic E-state index is 0.0607. The van der Waals surface area contributed by atoms with Gasteiger partial charge in [0.15, 0.2) is 0 Å². The fraction of sp³-hybridized carbons (Fsp3) is 0.867. The first kappa shape index (κ1) is 15.1. The topological polar surface area (TPSA) is 82.3 Å². The highest BCUT2D eigenvalue weighted by atomic mass is 16.3. The number of nitroso groups, excluding NO2 is 1. The van der Waals surface area contributed by atoms with E-state index in [1.165, 1.54) is 0 Å². The number of nitrogens with one attached hydrogen (secondary N) is 1. The second-order valence-corrected chi connectivity index (χ2v) is 7.64. The predicted molar refractivity (Wildman–Crippen MR) is 75.6 cm³/mol. The molecule has 1 heterocycles. The van der Waals surface area contributed by atoms with Crippen LogP contribution in [-0.2, 0) is 4.79 Å². The van der Waals surface area contributed by atoms with Gasteiger partial charge < -0.3 is 5.32 Å². The normalized spacial score (nSPS) is 32.2. The average Bonchev–Trinajstić information content (AvgIpc) is 3.17. The maximum Gasteiger partial charge on any atom is 0.293 e. The molecule has 5 heteroatoms. The second-order valence-electron chi connectivity index (χ2n) is 7.64. The summed E-state index contributed by atoms with van der Waals surface area (Å²) in [5.41, 5.74) is -1.13. The Morgan fingerprint density at radius 2 is 2.10 bits per heavy atom. The van der Waals surface area contributed by atoms with Gasteiger partial charge in [0.25, 0.3) is 5.91 Å².